The molecule has 3 saturated carbocycles. The van der Waals surface area contributed by atoms with Crippen molar-refractivity contribution < 1.29 is 20.1 Å². The van der Waals surface area contributed by atoms with E-state index in [4.69, 9.17) is 0 Å². The van der Waals surface area contributed by atoms with Gasteiger partial charge in [0.1, 0.15) is 11.7 Å². The van der Waals surface area contributed by atoms with Crippen molar-refractivity contribution in [3.05, 3.63) is 0 Å². The first-order chi connectivity index (χ1) is 9.95. The molecule has 0 aromatic carbocycles. The van der Waals surface area contributed by atoms with Crippen LogP contribution < -0.4 is 0 Å². The van der Waals surface area contributed by atoms with Gasteiger partial charge in [-0.15, -0.1) is 0 Å². The van der Waals surface area contributed by atoms with Crippen molar-refractivity contribution in [1.29, 1.82) is 0 Å². The molecule has 0 heterocycles. The molecule has 3 rings (SSSR count). The summed E-state index contributed by atoms with van der Waals surface area (Å²) in [4.78, 5) is 11.9. The standard InChI is InChI=1S/C17H24O4/c1-10-15-12(6-7-13(18)11-4-2-3-5-11)14(19)8-9-17(15,21)16(10)20/h10-15,18-19,21H,2-5,8-9H2,1H3/t10?,12-,13+,14+,15+,17+/m0/s1. The number of aliphatic hydroxyl groups excluding tert-OH is 2. The van der Waals surface area contributed by atoms with Crippen molar-refractivity contribution in [2.45, 2.75) is 63.3 Å². The summed E-state index contributed by atoms with van der Waals surface area (Å²) in [6, 6.07) is 0. The molecule has 1 unspecified atom stereocenters. The summed E-state index contributed by atoms with van der Waals surface area (Å²) in [5.74, 6) is 5.03. The highest BCUT2D eigenvalue weighted by Gasteiger charge is 2.64. The summed E-state index contributed by atoms with van der Waals surface area (Å²) in [7, 11) is 0. The highest BCUT2D eigenvalue weighted by molar-refractivity contribution is 5.96. The van der Waals surface area contributed by atoms with E-state index in [1.807, 2.05) is 0 Å². The van der Waals surface area contributed by atoms with Crippen LogP contribution in [0.4, 0.5) is 0 Å². The zero-order valence-electron chi connectivity index (χ0n) is 12.5. The Labute approximate surface area is 125 Å². The fourth-order valence-electron chi connectivity index (χ4n) is 4.48. The SMILES string of the molecule is CC1C(=O)[C@@]2(O)CC[C@@H](O)[C@H](C#C[C@@H](O)C3CCCC3)[C@@H]12. The minimum atomic E-state index is -1.30. The van der Waals surface area contributed by atoms with Gasteiger partial charge in [0.15, 0.2) is 5.78 Å². The monoisotopic (exact) mass is 292 g/mol. The van der Waals surface area contributed by atoms with Gasteiger partial charge in [-0.3, -0.25) is 4.79 Å². The molecular formula is C17H24O4. The van der Waals surface area contributed by atoms with E-state index < -0.39 is 23.7 Å². The second kappa shape index (κ2) is 5.39. The second-order valence-electron chi connectivity index (χ2n) is 7.01. The molecule has 0 spiro atoms. The predicted molar refractivity (Wildman–Crippen MR) is 77.1 cm³/mol. The molecule has 0 radical (unpaired) electrons. The van der Waals surface area contributed by atoms with Crippen LogP contribution in [0.1, 0.15) is 45.4 Å². The second-order valence-corrected chi connectivity index (χ2v) is 7.01. The third-order valence-electron chi connectivity index (χ3n) is 5.80. The van der Waals surface area contributed by atoms with E-state index in [0.717, 1.165) is 25.7 Å². The summed E-state index contributed by atoms with van der Waals surface area (Å²) in [6.45, 7) is 1.79. The van der Waals surface area contributed by atoms with E-state index in [9.17, 15) is 20.1 Å². The summed E-state index contributed by atoms with van der Waals surface area (Å²) in [5, 5.41) is 30.8. The number of fused-ring (bicyclic) bond motifs is 1. The smallest absolute Gasteiger partial charge is 0.167 e. The van der Waals surface area contributed by atoms with Crippen LogP contribution in [0.5, 0.6) is 0 Å². The van der Waals surface area contributed by atoms with Crippen LogP contribution in [0.3, 0.4) is 0 Å². The number of hydrogen-bond acceptors (Lipinski definition) is 4. The number of carbonyl (C=O) groups is 1. The highest BCUT2D eigenvalue weighted by Crippen LogP contribution is 2.52. The van der Waals surface area contributed by atoms with Gasteiger partial charge in [-0.2, -0.15) is 0 Å². The first-order valence-electron chi connectivity index (χ1n) is 8.09. The molecule has 4 nitrogen and oxygen atoms in total. The largest absolute Gasteiger partial charge is 0.392 e. The zero-order valence-corrected chi connectivity index (χ0v) is 12.5. The lowest BCUT2D eigenvalue weighted by atomic mass is 9.50. The maximum Gasteiger partial charge on any atom is 0.167 e. The summed E-state index contributed by atoms with van der Waals surface area (Å²) in [6.07, 6.45) is 3.74. The number of ketones is 1. The molecule has 4 heteroatoms. The first kappa shape index (κ1) is 15.0. The van der Waals surface area contributed by atoms with Gasteiger partial charge in [-0.25, -0.2) is 0 Å². The Kier molecular flexibility index (Phi) is 3.85. The molecule has 0 bridgehead atoms. The topological polar surface area (TPSA) is 77.8 Å². The van der Waals surface area contributed by atoms with Gasteiger partial charge < -0.3 is 15.3 Å². The van der Waals surface area contributed by atoms with E-state index in [-0.39, 0.29) is 23.5 Å². The number of aliphatic hydroxyl groups is 3. The molecule has 0 amide bonds. The average molecular weight is 292 g/mol. The predicted octanol–water partition coefficient (Wildman–Crippen LogP) is 0.878. The van der Waals surface area contributed by atoms with Gasteiger partial charge in [0.2, 0.25) is 0 Å². The lowest BCUT2D eigenvalue weighted by Crippen LogP contribution is -2.68. The molecule has 3 aliphatic carbocycles. The molecule has 116 valence electrons. The number of Topliss-reactive ketones (excluding diaryl/α,β-unsaturated/α-hetero) is 1. The van der Waals surface area contributed by atoms with Gasteiger partial charge in [0, 0.05) is 11.8 Å². The Morgan fingerprint density at radius 2 is 1.95 bits per heavy atom. The van der Waals surface area contributed by atoms with Gasteiger partial charge in [0.25, 0.3) is 0 Å². The van der Waals surface area contributed by atoms with Crippen LogP contribution in [0.25, 0.3) is 0 Å². The summed E-state index contributed by atoms with van der Waals surface area (Å²) >= 11 is 0. The molecular weight excluding hydrogens is 268 g/mol. The Bertz CT molecular complexity index is 485. The van der Waals surface area contributed by atoms with Crippen LogP contribution in [0.15, 0.2) is 0 Å². The van der Waals surface area contributed by atoms with E-state index in [0.29, 0.717) is 12.8 Å². The average Bonchev–Trinajstić information content (AvgIpc) is 3.01. The van der Waals surface area contributed by atoms with Crippen molar-refractivity contribution in [1.82, 2.24) is 0 Å². The van der Waals surface area contributed by atoms with Crippen LogP contribution in [0, 0.1) is 35.5 Å². The number of carbonyl (C=O) groups excluding carboxylic acids is 1. The number of hydrogen-bond donors (Lipinski definition) is 3. The minimum Gasteiger partial charge on any atom is -0.392 e. The molecule has 0 saturated heterocycles. The lowest BCUT2D eigenvalue weighted by molar-refractivity contribution is -0.196. The van der Waals surface area contributed by atoms with Crippen LogP contribution in [-0.2, 0) is 4.79 Å². The maximum atomic E-state index is 11.9. The molecule has 0 aliphatic heterocycles. The van der Waals surface area contributed by atoms with E-state index >= 15 is 0 Å². The Morgan fingerprint density at radius 1 is 1.29 bits per heavy atom. The maximum absolute atomic E-state index is 11.9. The van der Waals surface area contributed by atoms with Crippen molar-refractivity contribution in [3.63, 3.8) is 0 Å². The highest BCUT2D eigenvalue weighted by atomic mass is 16.3. The van der Waals surface area contributed by atoms with Gasteiger partial charge in [-0.1, -0.05) is 31.6 Å². The van der Waals surface area contributed by atoms with Crippen molar-refractivity contribution in [2.75, 3.05) is 0 Å². The van der Waals surface area contributed by atoms with Crippen LogP contribution in [0.2, 0.25) is 0 Å². The van der Waals surface area contributed by atoms with Crippen LogP contribution in [-0.4, -0.2) is 38.9 Å². The van der Waals surface area contributed by atoms with E-state index in [1.165, 1.54) is 0 Å². The van der Waals surface area contributed by atoms with Crippen molar-refractivity contribution in [2.24, 2.45) is 23.7 Å². The van der Waals surface area contributed by atoms with Crippen molar-refractivity contribution in [3.8, 4) is 11.8 Å². The van der Waals surface area contributed by atoms with Gasteiger partial charge >= 0.3 is 0 Å². The van der Waals surface area contributed by atoms with E-state index in [1.54, 1.807) is 6.92 Å². The molecule has 0 aromatic rings. The van der Waals surface area contributed by atoms with Gasteiger partial charge in [-0.05, 0) is 31.6 Å². The molecule has 3 fully saturated rings. The van der Waals surface area contributed by atoms with Crippen molar-refractivity contribution >= 4 is 5.78 Å². The minimum absolute atomic E-state index is 0.123. The molecule has 3 N–H and O–H groups in total. The third kappa shape index (κ3) is 2.32. The molecule has 3 aliphatic rings. The molecule has 0 aromatic heterocycles. The zero-order chi connectivity index (χ0) is 15.2. The third-order valence-corrected chi connectivity index (χ3v) is 5.80. The molecule has 6 atom stereocenters. The van der Waals surface area contributed by atoms with Gasteiger partial charge in [0.05, 0.1) is 12.0 Å². The summed E-state index contributed by atoms with van der Waals surface area (Å²) < 4.78 is 0. The normalized spacial score (nSPS) is 44.5. The number of rotatable bonds is 1. The Morgan fingerprint density at radius 3 is 2.62 bits per heavy atom. The van der Waals surface area contributed by atoms with Crippen LogP contribution >= 0.6 is 0 Å². The Balaban J connectivity index is 1.75. The molecule has 21 heavy (non-hydrogen) atoms. The quantitative estimate of drug-likeness (QED) is 0.627. The summed E-state index contributed by atoms with van der Waals surface area (Å²) in [5.41, 5.74) is -1.30. The lowest BCUT2D eigenvalue weighted by Gasteiger charge is -2.55. The fraction of sp³-hybridized carbons (Fsp3) is 0.824. The fourth-order valence-corrected chi connectivity index (χ4v) is 4.48. The Hall–Kier alpha value is -0.890. The first-order valence-corrected chi connectivity index (χ1v) is 8.09. The van der Waals surface area contributed by atoms with E-state index in [2.05, 4.69) is 11.8 Å².